The predicted octanol–water partition coefficient (Wildman–Crippen LogP) is 3.45. The molecule has 1 aromatic carbocycles. The molecular weight excluding hydrogens is 423 g/mol. The van der Waals surface area contributed by atoms with Crippen LogP contribution in [0.25, 0.3) is 0 Å². The standard InChI is InChI=1S/C14H11Br2FN2O3/c1-7(22-12-3-2-9(17)5-10(12)16)13(20)19-11-4-8(15)6-18-14(11)21/h2-7H,1H3,(H,18,21)(H,19,20). The van der Waals surface area contributed by atoms with Gasteiger partial charge < -0.3 is 15.0 Å². The minimum atomic E-state index is -0.875. The first-order valence-corrected chi connectivity index (χ1v) is 7.76. The molecule has 0 aliphatic carbocycles. The van der Waals surface area contributed by atoms with Gasteiger partial charge in [-0.15, -0.1) is 0 Å². The van der Waals surface area contributed by atoms with E-state index >= 15 is 0 Å². The molecule has 22 heavy (non-hydrogen) atoms. The summed E-state index contributed by atoms with van der Waals surface area (Å²) in [6.07, 6.45) is 0.591. The lowest BCUT2D eigenvalue weighted by atomic mass is 10.3. The van der Waals surface area contributed by atoms with Gasteiger partial charge in [0.25, 0.3) is 11.5 Å². The van der Waals surface area contributed by atoms with Crippen LogP contribution in [0.4, 0.5) is 10.1 Å². The van der Waals surface area contributed by atoms with Gasteiger partial charge in [-0.05, 0) is 63.0 Å². The Hall–Kier alpha value is -1.67. The van der Waals surface area contributed by atoms with E-state index in [9.17, 15) is 14.0 Å². The van der Waals surface area contributed by atoms with Gasteiger partial charge in [0.05, 0.1) is 4.47 Å². The Kier molecular flexibility index (Phi) is 5.36. The highest BCUT2D eigenvalue weighted by Crippen LogP contribution is 2.26. The van der Waals surface area contributed by atoms with E-state index in [1.54, 1.807) is 0 Å². The predicted molar refractivity (Wildman–Crippen MR) is 87.6 cm³/mol. The van der Waals surface area contributed by atoms with Crippen LogP contribution in [0.3, 0.4) is 0 Å². The summed E-state index contributed by atoms with van der Waals surface area (Å²) in [5, 5.41) is 2.47. The molecule has 0 radical (unpaired) electrons. The molecule has 0 saturated heterocycles. The first kappa shape index (κ1) is 16.7. The third kappa shape index (κ3) is 4.17. The summed E-state index contributed by atoms with van der Waals surface area (Å²) in [6, 6.07) is 5.36. The highest BCUT2D eigenvalue weighted by atomic mass is 79.9. The van der Waals surface area contributed by atoms with Crippen molar-refractivity contribution in [3.05, 3.63) is 55.6 Å². The number of pyridine rings is 1. The molecule has 1 heterocycles. The Morgan fingerprint density at radius 2 is 2.09 bits per heavy atom. The lowest BCUT2D eigenvalue weighted by Gasteiger charge is -2.15. The van der Waals surface area contributed by atoms with Crippen molar-refractivity contribution in [1.29, 1.82) is 0 Å². The van der Waals surface area contributed by atoms with Crippen LogP contribution in [0.1, 0.15) is 6.92 Å². The molecule has 1 atom stereocenters. The second-order valence-electron chi connectivity index (χ2n) is 4.38. The second kappa shape index (κ2) is 7.06. The number of rotatable bonds is 4. The maximum absolute atomic E-state index is 13.0. The lowest BCUT2D eigenvalue weighted by Crippen LogP contribution is -2.32. The lowest BCUT2D eigenvalue weighted by molar-refractivity contribution is -0.122. The summed E-state index contributed by atoms with van der Waals surface area (Å²) in [4.78, 5) is 26.1. The largest absolute Gasteiger partial charge is 0.480 e. The highest BCUT2D eigenvalue weighted by Gasteiger charge is 2.17. The molecule has 0 aliphatic heterocycles. The van der Waals surface area contributed by atoms with Crippen LogP contribution in [0, 0.1) is 5.82 Å². The fraction of sp³-hybridized carbons (Fsp3) is 0.143. The van der Waals surface area contributed by atoms with Crippen molar-refractivity contribution in [2.45, 2.75) is 13.0 Å². The van der Waals surface area contributed by atoms with Crippen LogP contribution < -0.4 is 15.6 Å². The van der Waals surface area contributed by atoms with Crippen molar-refractivity contribution in [3.63, 3.8) is 0 Å². The van der Waals surface area contributed by atoms with Crippen LogP contribution >= 0.6 is 31.9 Å². The van der Waals surface area contributed by atoms with Gasteiger partial charge in [-0.2, -0.15) is 0 Å². The number of halogens is 3. The number of carbonyl (C=O) groups is 1. The quantitative estimate of drug-likeness (QED) is 0.775. The number of hydrogen-bond acceptors (Lipinski definition) is 3. The van der Waals surface area contributed by atoms with Crippen LogP contribution in [0.2, 0.25) is 0 Å². The van der Waals surface area contributed by atoms with E-state index < -0.39 is 23.4 Å². The summed E-state index contributed by atoms with van der Waals surface area (Å²) in [6.45, 7) is 1.53. The molecule has 0 saturated carbocycles. The number of anilines is 1. The van der Waals surface area contributed by atoms with Gasteiger partial charge in [0.1, 0.15) is 17.3 Å². The van der Waals surface area contributed by atoms with Crippen molar-refractivity contribution < 1.29 is 13.9 Å². The van der Waals surface area contributed by atoms with E-state index in [-0.39, 0.29) is 5.69 Å². The van der Waals surface area contributed by atoms with Crippen LogP contribution in [-0.4, -0.2) is 17.0 Å². The van der Waals surface area contributed by atoms with Crippen molar-refractivity contribution in [2.24, 2.45) is 0 Å². The van der Waals surface area contributed by atoms with Crippen molar-refractivity contribution in [3.8, 4) is 5.75 Å². The minimum absolute atomic E-state index is 0.105. The average molecular weight is 434 g/mol. The van der Waals surface area contributed by atoms with Gasteiger partial charge in [0.2, 0.25) is 0 Å². The van der Waals surface area contributed by atoms with Crippen molar-refractivity contribution >= 4 is 43.5 Å². The summed E-state index contributed by atoms with van der Waals surface area (Å²) in [7, 11) is 0. The molecule has 5 nitrogen and oxygen atoms in total. The fourth-order valence-corrected chi connectivity index (χ4v) is 2.39. The smallest absolute Gasteiger partial charge is 0.271 e. The number of benzene rings is 1. The summed E-state index contributed by atoms with van der Waals surface area (Å²) in [5.74, 6) is -0.593. The van der Waals surface area contributed by atoms with Gasteiger partial charge in [-0.25, -0.2) is 4.39 Å². The number of aromatic nitrogens is 1. The van der Waals surface area contributed by atoms with E-state index in [4.69, 9.17) is 4.74 Å². The molecule has 116 valence electrons. The SMILES string of the molecule is CC(Oc1ccc(F)cc1Br)C(=O)Nc1cc(Br)c[nH]c1=O. The van der Waals surface area contributed by atoms with Crippen molar-refractivity contribution in [2.75, 3.05) is 5.32 Å². The molecule has 0 spiro atoms. The second-order valence-corrected chi connectivity index (χ2v) is 6.15. The Morgan fingerprint density at radius 1 is 1.36 bits per heavy atom. The first-order valence-electron chi connectivity index (χ1n) is 6.17. The summed E-state index contributed by atoms with van der Waals surface area (Å²) < 4.78 is 19.5. The van der Waals surface area contributed by atoms with Crippen LogP contribution in [-0.2, 0) is 4.79 Å². The normalized spacial score (nSPS) is 11.8. The Morgan fingerprint density at radius 3 is 2.77 bits per heavy atom. The van der Waals surface area contributed by atoms with Crippen LogP contribution in [0.15, 0.2) is 44.2 Å². The van der Waals surface area contributed by atoms with E-state index in [1.807, 2.05) is 0 Å². The highest BCUT2D eigenvalue weighted by molar-refractivity contribution is 9.10. The molecule has 0 bridgehead atoms. The molecule has 1 unspecified atom stereocenters. The Labute approximate surface area is 142 Å². The number of hydrogen-bond donors (Lipinski definition) is 2. The molecule has 2 aromatic rings. The third-order valence-corrected chi connectivity index (χ3v) is 3.77. The maximum atomic E-state index is 13.0. The fourth-order valence-electron chi connectivity index (χ4n) is 1.60. The zero-order valence-corrected chi connectivity index (χ0v) is 14.5. The minimum Gasteiger partial charge on any atom is -0.480 e. The molecule has 8 heteroatoms. The van der Waals surface area contributed by atoms with E-state index in [2.05, 4.69) is 42.2 Å². The maximum Gasteiger partial charge on any atom is 0.271 e. The van der Waals surface area contributed by atoms with Gasteiger partial charge in [0, 0.05) is 10.7 Å². The van der Waals surface area contributed by atoms with E-state index in [1.165, 1.54) is 37.4 Å². The summed E-state index contributed by atoms with van der Waals surface area (Å²) >= 11 is 6.35. The number of nitrogens with one attached hydrogen (secondary N) is 2. The van der Waals surface area contributed by atoms with Gasteiger partial charge >= 0.3 is 0 Å². The molecule has 2 N–H and O–H groups in total. The Bertz CT molecular complexity index is 764. The number of aromatic amines is 1. The number of ether oxygens (including phenoxy) is 1. The zero-order valence-electron chi connectivity index (χ0n) is 11.3. The zero-order chi connectivity index (χ0) is 16.3. The molecule has 0 fully saturated rings. The van der Waals surface area contributed by atoms with Gasteiger partial charge in [-0.1, -0.05) is 0 Å². The molecule has 1 aromatic heterocycles. The number of H-pyrrole nitrogens is 1. The molecule has 2 rings (SSSR count). The third-order valence-electron chi connectivity index (χ3n) is 2.69. The topological polar surface area (TPSA) is 71.2 Å². The van der Waals surface area contributed by atoms with E-state index in [0.717, 1.165) is 0 Å². The van der Waals surface area contributed by atoms with Crippen LogP contribution in [0.5, 0.6) is 5.75 Å². The van der Waals surface area contributed by atoms with Crippen molar-refractivity contribution in [1.82, 2.24) is 4.98 Å². The van der Waals surface area contributed by atoms with Gasteiger partial charge in [0.15, 0.2) is 6.10 Å². The van der Waals surface area contributed by atoms with Gasteiger partial charge in [-0.3, -0.25) is 9.59 Å². The number of amides is 1. The molecular formula is C14H11Br2FN2O3. The molecule has 1 amide bonds. The monoisotopic (exact) mass is 432 g/mol. The first-order chi connectivity index (χ1) is 10.4. The van der Waals surface area contributed by atoms with E-state index in [0.29, 0.717) is 14.7 Å². The summed E-state index contributed by atoms with van der Waals surface area (Å²) in [5.41, 5.74) is -0.320. The molecule has 0 aliphatic rings. The Balaban J connectivity index is 2.09. The average Bonchev–Trinajstić information content (AvgIpc) is 2.45. The number of carbonyl (C=O) groups excluding carboxylic acids is 1.